The van der Waals surface area contributed by atoms with E-state index in [0.717, 1.165) is 23.6 Å². The molecule has 1 amide bonds. The van der Waals surface area contributed by atoms with Crippen molar-refractivity contribution >= 4 is 16.7 Å². The van der Waals surface area contributed by atoms with Crippen LogP contribution in [0, 0.1) is 0 Å². The van der Waals surface area contributed by atoms with Crippen LogP contribution in [0.4, 0.5) is 0 Å². The molecule has 0 bridgehead atoms. The zero-order chi connectivity index (χ0) is 12.8. The number of benzene rings is 1. The second kappa shape index (κ2) is 6.12. The number of rotatable bonds is 5. The Morgan fingerprint density at radius 1 is 1.22 bits per heavy atom. The molecule has 2 rings (SSSR count). The van der Waals surface area contributed by atoms with Crippen LogP contribution in [0.25, 0.3) is 10.8 Å². The summed E-state index contributed by atoms with van der Waals surface area (Å²) in [6.45, 7) is 1.29. The fraction of sp³-hybridized carbons (Fsp3) is 0.286. The van der Waals surface area contributed by atoms with Crippen molar-refractivity contribution in [1.29, 1.82) is 0 Å². The lowest BCUT2D eigenvalue weighted by molar-refractivity contribution is 0.0950. The molecule has 0 fully saturated rings. The Hall–Kier alpha value is -1.94. The number of carbonyl (C=O) groups is 1. The summed E-state index contributed by atoms with van der Waals surface area (Å²) in [7, 11) is 0. The van der Waals surface area contributed by atoms with Gasteiger partial charge in [0, 0.05) is 18.1 Å². The average molecular weight is 243 g/mol. The predicted octanol–water partition coefficient (Wildman–Crippen LogP) is 1.70. The molecule has 1 aromatic heterocycles. The van der Waals surface area contributed by atoms with E-state index in [1.165, 1.54) is 0 Å². The van der Waals surface area contributed by atoms with Gasteiger partial charge in [-0.05, 0) is 30.8 Å². The second-order valence-electron chi connectivity index (χ2n) is 4.13. The molecule has 0 aliphatic carbocycles. The second-order valence-corrected chi connectivity index (χ2v) is 4.13. The highest BCUT2D eigenvalue weighted by molar-refractivity contribution is 6.05. The van der Waals surface area contributed by atoms with E-state index in [0.29, 0.717) is 18.8 Å². The summed E-state index contributed by atoms with van der Waals surface area (Å²) in [5.41, 5.74) is 5.89. The molecule has 94 valence electrons. The topological polar surface area (TPSA) is 68.0 Å². The summed E-state index contributed by atoms with van der Waals surface area (Å²) < 4.78 is 0. The molecule has 1 heterocycles. The van der Waals surface area contributed by atoms with Gasteiger partial charge in [-0.25, -0.2) is 0 Å². The van der Waals surface area contributed by atoms with Gasteiger partial charge in [-0.2, -0.15) is 0 Å². The van der Waals surface area contributed by atoms with Gasteiger partial charge in [0.1, 0.15) is 5.69 Å². The molecule has 0 saturated heterocycles. The van der Waals surface area contributed by atoms with Gasteiger partial charge in [0.2, 0.25) is 0 Å². The standard InChI is InChI=1S/C14H17N3O/c15-8-3-4-9-17-14(18)13-12-6-2-1-5-11(12)7-10-16-13/h1-2,5-7,10H,3-4,8-9,15H2,(H,17,18). The molecule has 0 saturated carbocycles. The van der Waals surface area contributed by atoms with Crippen molar-refractivity contribution in [3.63, 3.8) is 0 Å². The maximum Gasteiger partial charge on any atom is 0.270 e. The Kier molecular flexibility index (Phi) is 4.25. The molecule has 0 aliphatic rings. The van der Waals surface area contributed by atoms with E-state index in [-0.39, 0.29) is 5.91 Å². The van der Waals surface area contributed by atoms with Crippen molar-refractivity contribution in [3.05, 3.63) is 42.2 Å². The van der Waals surface area contributed by atoms with Crippen LogP contribution < -0.4 is 11.1 Å². The number of nitrogens with two attached hydrogens (primary N) is 1. The summed E-state index contributed by atoms with van der Waals surface area (Å²) in [5.74, 6) is -0.121. The van der Waals surface area contributed by atoms with Crippen LogP contribution in [0.5, 0.6) is 0 Å². The number of carbonyl (C=O) groups excluding carboxylic acids is 1. The Morgan fingerprint density at radius 3 is 2.89 bits per heavy atom. The predicted molar refractivity (Wildman–Crippen MR) is 72.4 cm³/mol. The van der Waals surface area contributed by atoms with Crippen molar-refractivity contribution in [2.45, 2.75) is 12.8 Å². The van der Waals surface area contributed by atoms with Crippen molar-refractivity contribution in [3.8, 4) is 0 Å². The van der Waals surface area contributed by atoms with Gasteiger partial charge in [-0.15, -0.1) is 0 Å². The first-order valence-corrected chi connectivity index (χ1v) is 6.15. The van der Waals surface area contributed by atoms with Crippen molar-refractivity contribution < 1.29 is 4.79 Å². The van der Waals surface area contributed by atoms with Crippen LogP contribution in [-0.2, 0) is 0 Å². The van der Waals surface area contributed by atoms with Gasteiger partial charge in [0.05, 0.1) is 0 Å². The third-order valence-corrected chi connectivity index (χ3v) is 2.81. The summed E-state index contributed by atoms with van der Waals surface area (Å²) in [6.07, 6.45) is 3.48. The van der Waals surface area contributed by atoms with E-state index in [1.807, 2.05) is 30.3 Å². The minimum Gasteiger partial charge on any atom is -0.351 e. The van der Waals surface area contributed by atoms with Crippen molar-refractivity contribution in [2.24, 2.45) is 5.73 Å². The van der Waals surface area contributed by atoms with Gasteiger partial charge in [0.15, 0.2) is 0 Å². The number of aromatic nitrogens is 1. The smallest absolute Gasteiger partial charge is 0.270 e. The molecular weight excluding hydrogens is 226 g/mol. The molecular formula is C14H17N3O. The van der Waals surface area contributed by atoms with Gasteiger partial charge in [-0.3, -0.25) is 9.78 Å². The van der Waals surface area contributed by atoms with E-state index < -0.39 is 0 Å². The summed E-state index contributed by atoms with van der Waals surface area (Å²) in [4.78, 5) is 16.2. The molecule has 4 nitrogen and oxygen atoms in total. The Morgan fingerprint density at radius 2 is 2.06 bits per heavy atom. The highest BCUT2D eigenvalue weighted by Crippen LogP contribution is 2.15. The zero-order valence-electron chi connectivity index (χ0n) is 10.2. The van der Waals surface area contributed by atoms with E-state index in [9.17, 15) is 4.79 Å². The summed E-state index contributed by atoms with van der Waals surface area (Å²) in [6, 6.07) is 9.65. The lowest BCUT2D eigenvalue weighted by Crippen LogP contribution is -2.26. The molecule has 0 unspecified atom stereocenters. The largest absolute Gasteiger partial charge is 0.351 e. The number of hydrogen-bond donors (Lipinski definition) is 2. The number of hydrogen-bond acceptors (Lipinski definition) is 3. The van der Waals surface area contributed by atoms with Gasteiger partial charge in [0.25, 0.3) is 5.91 Å². The minimum absolute atomic E-state index is 0.121. The van der Waals surface area contributed by atoms with E-state index >= 15 is 0 Å². The molecule has 0 spiro atoms. The van der Waals surface area contributed by atoms with Crippen LogP contribution in [0.2, 0.25) is 0 Å². The number of unbranched alkanes of at least 4 members (excludes halogenated alkanes) is 1. The van der Waals surface area contributed by atoms with Crippen LogP contribution in [0.15, 0.2) is 36.5 Å². The van der Waals surface area contributed by atoms with E-state index in [2.05, 4.69) is 10.3 Å². The number of nitrogens with zero attached hydrogens (tertiary/aromatic N) is 1. The average Bonchev–Trinajstić information content (AvgIpc) is 2.43. The quantitative estimate of drug-likeness (QED) is 0.785. The van der Waals surface area contributed by atoms with E-state index in [4.69, 9.17) is 5.73 Å². The zero-order valence-corrected chi connectivity index (χ0v) is 10.2. The molecule has 2 aromatic rings. The lowest BCUT2D eigenvalue weighted by Gasteiger charge is -2.06. The van der Waals surface area contributed by atoms with Crippen LogP contribution in [-0.4, -0.2) is 24.0 Å². The van der Waals surface area contributed by atoms with Crippen LogP contribution in [0.1, 0.15) is 23.3 Å². The molecule has 0 radical (unpaired) electrons. The monoisotopic (exact) mass is 243 g/mol. The van der Waals surface area contributed by atoms with Gasteiger partial charge in [-0.1, -0.05) is 24.3 Å². The van der Waals surface area contributed by atoms with Crippen molar-refractivity contribution in [2.75, 3.05) is 13.1 Å². The summed E-state index contributed by atoms with van der Waals surface area (Å²) >= 11 is 0. The van der Waals surface area contributed by atoms with Crippen LogP contribution in [0.3, 0.4) is 0 Å². The van der Waals surface area contributed by atoms with Gasteiger partial charge < -0.3 is 11.1 Å². The minimum atomic E-state index is -0.121. The van der Waals surface area contributed by atoms with Crippen LogP contribution >= 0.6 is 0 Å². The Balaban J connectivity index is 2.13. The molecule has 4 heteroatoms. The fourth-order valence-corrected chi connectivity index (χ4v) is 1.86. The van der Waals surface area contributed by atoms with Gasteiger partial charge >= 0.3 is 0 Å². The summed E-state index contributed by atoms with van der Waals surface area (Å²) in [5, 5.41) is 4.78. The molecule has 1 aromatic carbocycles. The Bertz CT molecular complexity index is 534. The Labute approximate surface area is 106 Å². The third-order valence-electron chi connectivity index (χ3n) is 2.81. The number of fused-ring (bicyclic) bond motifs is 1. The highest BCUT2D eigenvalue weighted by atomic mass is 16.1. The fourth-order valence-electron chi connectivity index (χ4n) is 1.86. The molecule has 0 aliphatic heterocycles. The maximum atomic E-state index is 12.0. The first kappa shape index (κ1) is 12.5. The molecule has 18 heavy (non-hydrogen) atoms. The number of nitrogens with one attached hydrogen (secondary N) is 1. The number of amides is 1. The number of pyridine rings is 1. The first-order valence-electron chi connectivity index (χ1n) is 6.15. The highest BCUT2D eigenvalue weighted by Gasteiger charge is 2.10. The maximum absolute atomic E-state index is 12.0. The normalized spacial score (nSPS) is 10.5. The third kappa shape index (κ3) is 2.84. The molecule has 0 atom stereocenters. The molecule has 3 N–H and O–H groups in total. The first-order chi connectivity index (χ1) is 8.83. The van der Waals surface area contributed by atoms with Crippen molar-refractivity contribution in [1.82, 2.24) is 10.3 Å². The van der Waals surface area contributed by atoms with E-state index in [1.54, 1.807) is 6.20 Å². The lowest BCUT2D eigenvalue weighted by atomic mass is 10.1. The SMILES string of the molecule is NCCCCNC(=O)c1nccc2ccccc12.